The second-order valence-corrected chi connectivity index (χ2v) is 8.88. The first-order valence-electron chi connectivity index (χ1n) is 12.0. The van der Waals surface area contributed by atoms with Crippen molar-refractivity contribution >= 4 is 11.7 Å². The van der Waals surface area contributed by atoms with Gasteiger partial charge in [-0.05, 0) is 36.1 Å². The quantitative estimate of drug-likeness (QED) is 0.469. The molecule has 2 atom stereocenters. The number of rotatable bonds is 8. The Kier molecular flexibility index (Phi) is 6.75. The molecule has 0 fully saturated rings. The van der Waals surface area contributed by atoms with Crippen molar-refractivity contribution in [2.24, 2.45) is 0 Å². The number of aromatic nitrogens is 3. The van der Waals surface area contributed by atoms with Crippen LogP contribution in [0.25, 0.3) is 0 Å². The lowest BCUT2D eigenvalue weighted by molar-refractivity contribution is -0.116. The molecule has 2 aromatic carbocycles. The summed E-state index contributed by atoms with van der Waals surface area (Å²) >= 11 is 0. The number of allylic oxidation sites excluding steroid dienone is 2. The summed E-state index contributed by atoms with van der Waals surface area (Å²) in [4.78, 5) is 18.3. The molecule has 0 saturated carbocycles. The minimum absolute atomic E-state index is 0.0134. The van der Waals surface area contributed by atoms with Crippen molar-refractivity contribution in [1.82, 2.24) is 14.8 Å². The average Bonchev–Trinajstić information content (AvgIpc) is 3.42. The van der Waals surface area contributed by atoms with Crippen LogP contribution in [0.3, 0.4) is 0 Å². The number of nitrogens with one attached hydrogen (secondary N) is 1. The minimum atomic E-state index is -0.563. The summed E-state index contributed by atoms with van der Waals surface area (Å²) in [7, 11) is 9.41. The van der Waals surface area contributed by atoms with Gasteiger partial charge in [0.25, 0.3) is 0 Å². The van der Waals surface area contributed by atoms with E-state index in [1.165, 1.54) is 6.33 Å². The standard InChI is InChI=1S/C27H30N4O7/c1-33-19-12-21(35-3)20(34-2)11-16(19)25-24-17(30-27-28-13-29-31(25)27)7-14(8-18(24)32)15-9-22(36-4)26(38-6)23(10-15)37-5/h9-14,25H,7-8H2,1-6H3,(H,28,29,30)/t14-,25-/m1/s1. The predicted octanol–water partition coefficient (Wildman–Crippen LogP) is 3.75. The van der Waals surface area contributed by atoms with Crippen LogP contribution in [-0.4, -0.2) is 63.2 Å². The second kappa shape index (κ2) is 10.2. The first-order chi connectivity index (χ1) is 18.5. The van der Waals surface area contributed by atoms with Crippen LogP contribution >= 0.6 is 0 Å². The normalized spacial score (nSPS) is 18.2. The molecule has 1 aliphatic heterocycles. The summed E-state index contributed by atoms with van der Waals surface area (Å²) < 4.78 is 35.0. The highest BCUT2D eigenvalue weighted by molar-refractivity contribution is 6.00. The van der Waals surface area contributed by atoms with Gasteiger partial charge in [0.05, 0.1) is 42.7 Å². The Balaban J connectivity index is 1.62. The molecule has 0 amide bonds. The lowest BCUT2D eigenvalue weighted by Crippen LogP contribution is -2.33. The van der Waals surface area contributed by atoms with Gasteiger partial charge in [0, 0.05) is 29.3 Å². The summed E-state index contributed by atoms with van der Waals surface area (Å²) in [5, 5.41) is 7.78. The number of ether oxygens (including phenoxy) is 6. The fourth-order valence-corrected chi connectivity index (χ4v) is 5.28. The zero-order chi connectivity index (χ0) is 27.0. The van der Waals surface area contributed by atoms with Gasteiger partial charge < -0.3 is 33.7 Å². The molecule has 0 radical (unpaired) electrons. The van der Waals surface area contributed by atoms with Gasteiger partial charge in [0.2, 0.25) is 11.7 Å². The largest absolute Gasteiger partial charge is 0.496 e. The van der Waals surface area contributed by atoms with Crippen molar-refractivity contribution in [3.63, 3.8) is 0 Å². The summed E-state index contributed by atoms with van der Waals surface area (Å²) in [5.74, 6) is 3.57. The first kappa shape index (κ1) is 25.2. The lowest BCUT2D eigenvalue weighted by Gasteiger charge is -2.35. The molecule has 0 spiro atoms. The van der Waals surface area contributed by atoms with Gasteiger partial charge in [0.15, 0.2) is 28.8 Å². The molecule has 11 nitrogen and oxygen atoms in total. The first-order valence-corrected chi connectivity index (χ1v) is 12.0. The molecular weight excluding hydrogens is 492 g/mol. The molecule has 11 heteroatoms. The maximum Gasteiger partial charge on any atom is 0.226 e. The third kappa shape index (κ3) is 4.04. The van der Waals surface area contributed by atoms with Crippen LogP contribution < -0.4 is 33.7 Å². The molecule has 5 rings (SSSR count). The van der Waals surface area contributed by atoms with E-state index in [1.54, 1.807) is 53.4 Å². The number of methoxy groups -OCH3 is 6. The molecule has 0 bridgehead atoms. The minimum Gasteiger partial charge on any atom is -0.496 e. The molecular formula is C27H30N4O7. The molecule has 1 aromatic heterocycles. The fourth-order valence-electron chi connectivity index (χ4n) is 5.28. The average molecular weight is 523 g/mol. The SMILES string of the molecule is COc1cc(OC)c([C@@H]2C3=C(C[C@@H](c4cc(OC)c(OC)c(OC)c4)CC3=O)Nc3ncnn32)cc1OC. The number of nitrogens with zero attached hydrogens (tertiary/aromatic N) is 3. The van der Waals surface area contributed by atoms with E-state index < -0.39 is 6.04 Å². The maximum absolute atomic E-state index is 13.9. The number of fused-ring (bicyclic) bond motifs is 1. The number of anilines is 1. The Hall–Kier alpha value is -4.41. The number of ketones is 1. The van der Waals surface area contributed by atoms with Gasteiger partial charge in [-0.2, -0.15) is 10.1 Å². The maximum atomic E-state index is 13.9. The van der Waals surface area contributed by atoms with Crippen molar-refractivity contribution in [3.05, 3.63) is 53.0 Å². The van der Waals surface area contributed by atoms with E-state index in [0.717, 1.165) is 11.3 Å². The smallest absolute Gasteiger partial charge is 0.226 e. The molecule has 3 aromatic rings. The van der Waals surface area contributed by atoms with Crippen molar-refractivity contribution in [2.45, 2.75) is 24.8 Å². The molecule has 2 heterocycles. The van der Waals surface area contributed by atoms with Crippen molar-refractivity contribution in [2.75, 3.05) is 48.0 Å². The topological polar surface area (TPSA) is 115 Å². The molecule has 200 valence electrons. The van der Waals surface area contributed by atoms with E-state index >= 15 is 0 Å². The van der Waals surface area contributed by atoms with E-state index in [0.29, 0.717) is 58.0 Å². The van der Waals surface area contributed by atoms with Gasteiger partial charge in [-0.1, -0.05) is 0 Å². The van der Waals surface area contributed by atoms with Crippen LogP contribution in [0.15, 0.2) is 41.9 Å². The molecule has 0 unspecified atom stereocenters. The Morgan fingerprint density at radius 1 is 0.789 bits per heavy atom. The number of Topliss-reactive ketones (excluding diaryl/α,β-unsaturated/α-hetero) is 1. The Morgan fingerprint density at radius 3 is 2.03 bits per heavy atom. The van der Waals surface area contributed by atoms with Crippen LogP contribution in [0.5, 0.6) is 34.5 Å². The molecule has 38 heavy (non-hydrogen) atoms. The third-order valence-electron chi connectivity index (χ3n) is 7.05. The highest BCUT2D eigenvalue weighted by Crippen LogP contribution is 2.49. The van der Waals surface area contributed by atoms with E-state index in [4.69, 9.17) is 28.4 Å². The van der Waals surface area contributed by atoms with Crippen molar-refractivity contribution in [1.29, 1.82) is 0 Å². The fraction of sp³-hybridized carbons (Fsp3) is 0.370. The van der Waals surface area contributed by atoms with Crippen molar-refractivity contribution < 1.29 is 33.2 Å². The van der Waals surface area contributed by atoms with Gasteiger partial charge in [0.1, 0.15) is 18.1 Å². The number of carbonyl (C=O) groups is 1. The highest BCUT2D eigenvalue weighted by atomic mass is 16.5. The number of hydrogen-bond acceptors (Lipinski definition) is 10. The van der Waals surface area contributed by atoms with Crippen LogP contribution in [-0.2, 0) is 4.79 Å². The number of carbonyl (C=O) groups excluding carboxylic acids is 1. The lowest BCUT2D eigenvalue weighted by atomic mass is 9.77. The summed E-state index contributed by atoms with van der Waals surface area (Å²) in [6, 6.07) is 6.80. The van der Waals surface area contributed by atoms with Crippen LogP contribution in [0.2, 0.25) is 0 Å². The molecule has 2 aliphatic rings. The van der Waals surface area contributed by atoms with Crippen LogP contribution in [0, 0.1) is 0 Å². The van der Waals surface area contributed by atoms with E-state index in [2.05, 4.69) is 15.4 Å². The molecule has 1 N–H and O–H groups in total. The summed E-state index contributed by atoms with van der Waals surface area (Å²) in [5.41, 5.74) is 3.01. The van der Waals surface area contributed by atoms with Crippen molar-refractivity contribution in [3.8, 4) is 34.5 Å². The zero-order valence-corrected chi connectivity index (χ0v) is 22.2. The monoisotopic (exact) mass is 522 g/mol. The van der Waals surface area contributed by atoms with Gasteiger partial charge in [-0.3, -0.25) is 4.79 Å². The third-order valence-corrected chi connectivity index (χ3v) is 7.05. The Morgan fingerprint density at radius 2 is 1.42 bits per heavy atom. The van der Waals surface area contributed by atoms with Gasteiger partial charge >= 0.3 is 0 Å². The van der Waals surface area contributed by atoms with E-state index in [9.17, 15) is 4.79 Å². The van der Waals surface area contributed by atoms with Crippen LogP contribution in [0.4, 0.5) is 5.95 Å². The van der Waals surface area contributed by atoms with Gasteiger partial charge in [-0.25, -0.2) is 4.68 Å². The zero-order valence-electron chi connectivity index (χ0n) is 22.2. The number of hydrogen-bond donors (Lipinski definition) is 1. The summed E-state index contributed by atoms with van der Waals surface area (Å²) in [6.07, 6.45) is 2.32. The Labute approximate surface area is 220 Å². The molecule has 0 saturated heterocycles. The van der Waals surface area contributed by atoms with Crippen LogP contribution in [0.1, 0.15) is 35.9 Å². The second-order valence-electron chi connectivity index (χ2n) is 8.88. The molecule has 1 aliphatic carbocycles. The van der Waals surface area contributed by atoms with Gasteiger partial charge in [-0.15, -0.1) is 0 Å². The number of benzene rings is 2. The summed E-state index contributed by atoms with van der Waals surface area (Å²) in [6.45, 7) is 0. The predicted molar refractivity (Wildman–Crippen MR) is 138 cm³/mol. The Bertz CT molecular complexity index is 1390. The van der Waals surface area contributed by atoms with E-state index in [-0.39, 0.29) is 18.1 Å². The highest BCUT2D eigenvalue weighted by Gasteiger charge is 2.41. The van der Waals surface area contributed by atoms with E-state index in [1.807, 2.05) is 18.2 Å².